The number of rotatable bonds is 6. The lowest BCUT2D eigenvalue weighted by Gasteiger charge is -2.28. The zero-order valence-electron chi connectivity index (χ0n) is 18.5. The number of amides is 1. The van der Waals surface area contributed by atoms with Crippen molar-refractivity contribution >= 4 is 17.5 Å². The third kappa shape index (κ3) is 3.70. The van der Waals surface area contributed by atoms with Gasteiger partial charge in [0.05, 0.1) is 26.9 Å². The smallest absolute Gasteiger partial charge is 0.255 e. The van der Waals surface area contributed by atoms with Crippen molar-refractivity contribution < 1.29 is 19.0 Å². The topological polar surface area (TPSA) is 112 Å². The van der Waals surface area contributed by atoms with Gasteiger partial charge in [0, 0.05) is 11.4 Å². The fourth-order valence-corrected chi connectivity index (χ4v) is 3.80. The highest BCUT2D eigenvalue weighted by Gasteiger charge is 2.35. The molecule has 4 rings (SSSR count). The number of nitrogens with one attached hydrogen (secondary N) is 2. The number of benzene rings is 2. The molecule has 2 N–H and O–H groups in total. The molecule has 0 aliphatic carbocycles. The molecule has 0 saturated heterocycles. The Labute approximate surface area is 185 Å². The lowest BCUT2D eigenvalue weighted by atomic mass is 9.94. The van der Waals surface area contributed by atoms with Gasteiger partial charge in [-0.1, -0.05) is 17.2 Å². The molecule has 10 heteroatoms. The Bertz CT molecular complexity index is 1180. The number of anilines is 2. The number of allylic oxidation sites excluding steroid dienone is 1. The SMILES string of the molecule is COc1cc(C2C(C(=O)Nc3cccc(C)c3)=C(C)Nc3nnnn32)cc(OC)c1OC. The lowest BCUT2D eigenvalue weighted by molar-refractivity contribution is -0.113. The minimum absolute atomic E-state index is 0.277. The third-order valence-corrected chi connectivity index (χ3v) is 5.24. The zero-order valence-corrected chi connectivity index (χ0v) is 18.5. The van der Waals surface area contributed by atoms with E-state index in [0.717, 1.165) is 5.56 Å². The van der Waals surface area contributed by atoms with Gasteiger partial charge < -0.3 is 24.8 Å². The molecule has 2 aromatic carbocycles. The first-order chi connectivity index (χ1) is 15.5. The number of methoxy groups -OCH3 is 3. The van der Waals surface area contributed by atoms with Crippen LogP contribution in [0.25, 0.3) is 0 Å². The maximum Gasteiger partial charge on any atom is 0.255 e. The number of carbonyl (C=O) groups is 1. The van der Waals surface area contributed by atoms with E-state index < -0.39 is 6.04 Å². The molecule has 2 heterocycles. The standard InChI is InChI=1S/C22H24N6O4/c1-12-7-6-8-15(9-12)24-21(29)18-13(2)23-22-25-26-27-28(22)19(18)14-10-16(30-3)20(32-5)17(11-14)31-4/h6-11,19H,1-5H3,(H,24,29)(H,23,25,27). The molecule has 1 unspecified atom stereocenters. The van der Waals surface area contributed by atoms with Crippen molar-refractivity contribution in [3.8, 4) is 17.2 Å². The van der Waals surface area contributed by atoms with Gasteiger partial charge in [-0.25, -0.2) is 0 Å². The molecule has 1 aliphatic heterocycles. The molecule has 1 atom stereocenters. The number of aromatic nitrogens is 4. The van der Waals surface area contributed by atoms with Gasteiger partial charge in [-0.2, -0.15) is 4.68 Å². The van der Waals surface area contributed by atoms with Crippen LogP contribution in [-0.2, 0) is 4.79 Å². The Morgan fingerprint density at radius 1 is 1.06 bits per heavy atom. The van der Waals surface area contributed by atoms with E-state index in [1.807, 2.05) is 38.1 Å². The van der Waals surface area contributed by atoms with Crippen LogP contribution in [0.1, 0.15) is 24.1 Å². The Morgan fingerprint density at radius 2 is 1.78 bits per heavy atom. The maximum atomic E-state index is 13.5. The second kappa shape index (κ2) is 8.58. The number of tetrazole rings is 1. The molecule has 0 radical (unpaired) electrons. The van der Waals surface area contributed by atoms with E-state index in [1.54, 1.807) is 31.0 Å². The average molecular weight is 436 g/mol. The quantitative estimate of drug-likeness (QED) is 0.607. The minimum atomic E-state index is -0.625. The molecular formula is C22H24N6O4. The van der Waals surface area contributed by atoms with Gasteiger partial charge in [0.25, 0.3) is 5.91 Å². The Morgan fingerprint density at radius 3 is 2.41 bits per heavy atom. The fraction of sp³-hybridized carbons (Fsp3) is 0.273. The van der Waals surface area contributed by atoms with Crippen LogP contribution in [0.5, 0.6) is 17.2 Å². The molecule has 1 amide bonds. The summed E-state index contributed by atoms with van der Waals surface area (Å²) in [7, 11) is 4.62. The van der Waals surface area contributed by atoms with E-state index in [1.165, 1.54) is 7.11 Å². The van der Waals surface area contributed by atoms with E-state index >= 15 is 0 Å². The summed E-state index contributed by atoms with van der Waals surface area (Å²) < 4.78 is 18.0. The van der Waals surface area contributed by atoms with Crippen molar-refractivity contribution in [2.75, 3.05) is 32.0 Å². The molecule has 32 heavy (non-hydrogen) atoms. The van der Waals surface area contributed by atoms with E-state index in [9.17, 15) is 4.79 Å². The van der Waals surface area contributed by atoms with Gasteiger partial charge in [0.2, 0.25) is 11.7 Å². The molecule has 0 bridgehead atoms. The van der Waals surface area contributed by atoms with Gasteiger partial charge in [-0.3, -0.25) is 4.79 Å². The minimum Gasteiger partial charge on any atom is -0.493 e. The molecule has 3 aromatic rings. The Hall–Kier alpha value is -4.08. The van der Waals surface area contributed by atoms with E-state index in [2.05, 4.69) is 26.2 Å². The first-order valence-electron chi connectivity index (χ1n) is 9.90. The number of carbonyl (C=O) groups excluding carboxylic acids is 1. The first-order valence-corrected chi connectivity index (χ1v) is 9.90. The summed E-state index contributed by atoms with van der Waals surface area (Å²) in [6.45, 7) is 3.78. The largest absolute Gasteiger partial charge is 0.493 e. The van der Waals surface area contributed by atoms with Crippen LogP contribution in [0.4, 0.5) is 11.6 Å². The Kier molecular flexibility index (Phi) is 5.67. The van der Waals surface area contributed by atoms with Crippen molar-refractivity contribution in [3.05, 3.63) is 58.8 Å². The van der Waals surface area contributed by atoms with Crippen LogP contribution in [0, 0.1) is 6.92 Å². The summed E-state index contributed by atoms with van der Waals surface area (Å²) in [5.41, 5.74) is 3.53. The normalized spacial score (nSPS) is 15.0. The van der Waals surface area contributed by atoms with Crippen LogP contribution in [0.3, 0.4) is 0 Å². The van der Waals surface area contributed by atoms with Crippen molar-refractivity contribution in [2.45, 2.75) is 19.9 Å². The number of fused-ring (bicyclic) bond motifs is 1. The summed E-state index contributed by atoms with van der Waals surface area (Å²) >= 11 is 0. The summed E-state index contributed by atoms with van der Waals surface area (Å²) in [4.78, 5) is 13.5. The number of ether oxygens (including phenoxy) is 3. The highest BCUT2D eigenvalue weighted by molar-refractivity contribution is 6.06. The van der Waals surface area contributed by atoms with Gasteiger partial charge in [0.1, 0.15) is 6.04 Å². The summed E-state index contributed by atoms with van der Waals surface area (Å²) in [6.07, 6.45) is 0. The van der Waals surface area contributed by atoms with Crippen molar-refractivity contribution in [2.24, 2.45) is 0 Å². The summed E-state index contributed by atoms with van der Waals surface area (Å²) in [5.74, 6) is 1.53. The monoisotopic (exact) mass is 436 g/mol. The van der Waals surface area contributed by atoms with Gasteiger partial charge in [-0.15, -0.1) is 0 Å². The number of hydrogen-bond donors (Lipinski definition) is 2. The lowest BCUT2D eigenvalue weighted by Crippen LogP contribution is -2.31. The van der Waals surface area contributed by atoms with Gasteiger partial charge >= 0.3 is 0 Å². The van der Waals surface area contributed by atoms with Crippen molar-refractivity contribution in [3.63, 3.8) is 0 Å². The maximum absolute atomic E-state index is 13.5. The highest BCUT2D eigenvalue weighted by atomic mass is 16.5. The van der Waals surface area contributed by atoms with Gasteiger partial charge in [-0.05, 0) is 59.7 Å². The number of aryl methyl sites for hydroxylation is 1. The zero-order chi connectivity index (χ0) is 22.8. The second-order valence-corrected chi connectivity index (χ2v) is 7.30. The van der Waals surface area contributed by atoms with Crippen molar-refractivity contribution in [1.82, 2.24) is 20.2 Å². The van der Waals surface area contributed by atoms with Crippen LogP contribution in [-0.4, -0.2) is 47.4 Å². The number of hydrogen-bond acceptors (Lipinski definition) is 8. The first kappa shape index (κ1) is 21.2. The van der Waals surface area contributed by atoms with E-state index in [4.69, 9.17) is 14.2 Å². The average Bonchev–Trinajstić information content (AvgIpc) is 3.24. The van der Waals surface area contributed by atoms with Crippen LogP contribution in [0.2, 0.25) is 0 Å². The molecular weight excluding hydrogens is 412 g/mol. The molecule has 0 spiro atoms. The molecule has 0 saturated carbocycles. The predicted octanol–water partition coefficient (Wildman–Crippen LogP) is 2.93. The van der Waals surface area contributed by atoms with Crippen LogP contribution >= 0.6 is 0 Å². The highest BCUT2D eigenvalue weighted by Crippen LogP contribution is 2.43. The number of nitrogens with zero attached hydrogens (tertiary/aromatic N) is 4. The molecule has 1 aliphatic rings. The molecule has 1 aromatic heterocycles. The van der Waals surface area contributed by atoms with Crippen molar-refractivity contribution in [1.29, 1.82) is 0 Å². The second-order valence-electron chi connectivity index (χ2n) is 7.30. The molecule has 166 valence electrons. The molecule has 0 fully saturated rings. The Balaban J connectivity index is 1.83. The third-order valence-electron chi connectivity index (χ3n) is 5.24. The fourth-order valence-electron chi connectivity index (χ4n) is 3.80. The summed E-state index contributed by atoms with van der Waals surface area (Å²) in [5, 5.41) is 18.0. The van der Waals surface area contributed by atoms with E-state index in [-0.39, 0.29) is 5.91 Å². The van der Waals surface area contributed by atoms with Gasteiger partial charge in [0.15, 0.2) is 11.5 Å². The van der Waals surface area contributed by atoms with E-state index in [0.29, 0.717) is 45.7 Å². The van der Waals surface area contributed by atoms with Crippen LogP contribution < -0.4 is 24.8 Å². The van der Waals surface area contributed by atoms with Crippen LogP contribution in [0.15, 0.2) is 47.7 Å². The predicted molar refractivity (Wildman–Crippen MR) is 118 cm³/mol. The summed E-state index contributed by atoms with van der Waals surface area (Å²) in [6, 6.07) is 10.6. The molecule has 10 nitrogen and oxygen atoms in total.